The zero-order valence-corrected chi connectivity index (χ0v) is 17.8. The molecule has 0 bridgehead atoms. The molecule has 3 aromatic carbocycles. The molecule has 0 fully saturated rings. The standard InChI is InChI=1S/C23H21ClN2O5/c1-3-25(4-2)23(27)16-8-10-19(11-9-16)30-21-13-18(26(28)29)14-22(15-21)31-20-7-5-6-17(24)12-20/h5-15H,3-4H2,1-2H3. The Bertz CT molecular complexity index is 1080. The van der Waals surface area contributed by atoms with Crippen molar-refractivity contribution >= 4 is 23.2 Å². The number of ether oxygens (including phenoxy) is 2. The summed E-state index contributed by atoms with van der Waals surface area (Å²) in [6.45, 7) is 5.09. The van der Waals surface area contributed by atoms with Crippen molar-refractivity contribution in [3.05, 3.63) is 87.4 Å². The second kappa shape index (κ2) is 9.95. The Morgan fingerprint density at radius 2 is 1.52 bits per heavy atom. The van der Waals surface area contributed by atoms with Crippen LogP contribution in [0.3, 0.4) is 0 Å². The molecule has 0 atom stereocenters. The summed E-state index contributed by atoms with van der Waals surface area (Å²) in [5.41, 5.74) is 0.364. The number of nitro benzene ring substituents is 1. The summed E-state index contributed by atoms with van der Waals surface area (Å²) in [5.74, 6) is 1.28. The quantitative estimate of drug-likeness (QED) is 0.302. The fourth-order valence-electron chi connectivity index (χ4n) is 2.94. The smallest absolute Gasteiger partial charge is 0.276 e. The Morgan fingerprint density at radius 1 is 0.903 bits per heavy atom. The lowest BCUT2D eigenvalue weighted by atomic mass is 10.2. The van der Waals surface area contributed by atoms with Crippen molar-refractivity contribution in [3.8, 4) is 23.0 Å². The van der Waals surface area contributed by atoms with Crippen LogP contribution in [0.4, 0.5) is 5.69 Å². The van der Waals surface area contributed by atoms with E-state index in [2.05, 4.69) is 0 Å². The molecule has 0 aliphatic rings. The first-order valence-electron chi connectivity index (χ1n) is 9.69. The number of benzene rings is 3. The molecule has 0 aromatic heterocycles. The second-order valence-corrected chi connectivity index (χ2v) is 7.02. The molecule has 160 valence electrons. The van der Waals surface area contributed by atoms with E-state index in [1.807, 2.05) is 13.8 Å². The molecule has 1 amide bonds. The number of amides is 1. The largest absolute Gasteiger partial charge is 0.457 e. The van der Waals surface area contributed by atoms with Gasteiger partial charge < -0.3 is 14.4 Å². The lowest BCUT2D eigenvalue weighted by Crippen LogP contribution is -2.30. The van der Waals surface area contributed by atoms with Crippen molar-refractivity contribution in [2.75, 3.05) is 13.1 Å². The lowest BCUT2D eigenvalue weighted by molar-refractivity contribution is -0.385. The van der Waals surface area contributed by atoms with Crippen LogP contribution in [0.15, 0.2) is 66.7 Å². The van der Waals surface area contributed by atoms with Gasteiger partial charge in [-0.3, -0.25) is 14.9 Å². The van der Waals surface area contributed by atoms with E-state index < -0.39 is 4.92 Å². The van der Waals surface area contributed by atoms with Crippen LogP contribution in [0.1, 0.15) is 24.2 Å². The predicted molar refractivity (Wildman–Crippen MR) is 118 cm³/mol. The van der Waals surface area contributed by atoms with Crippen LogP contribution in [0.25, 0.3) is 0 Å². The van der Waals surface area contributed by atoms with Gasteiger partial charge in [0.05, 0.1) is 17.1 Å². The number of nitro groups is 1. The van der Waals surface area contributed by atoms with Gasteiger partial charge in [0.2, 0.25) is 0 Å². The molecule has 31 heavy (non-hydrogen) atoms. The van der Waals surface area contributed by atoms with Gasteiger partial charge in [0.25, 0.3) is 11.6 Å². The van der Waals surface area contributed by atoms with Crippen LogP contribution in [0, 0.1) is 10.1 Å². The summed E-state index contributed by atoms with van der Waals surface area (Å²) >= 11 is 5.96. The summed E-state index contributed by atoms with van der Waals surface area (Å²) in [5, 5.41) is 11.8. The van der Waals surface area contributed by atoms with Gasteiger partial charge in [0.15, 0.2) is 0 Å². The maximum Gasteiger partial charge on any atom is 0.276 e. The minimum Gasteiger partial charge on any atom is -0.457 e. The fraction of sp³-hybridized carbons (Fsp3) is 0.174. The van der Waals surface area contributed by atoms with Gasteiger partial charge in [-0.1, -0.05) is 17.7 Å². The highest BCUT2D eigenvalue weighted by Crippen LogP contribution is 2.34. The van der Waals surface area contributed by atoms with Gasteiger partial charge in [-0.25, -0.2) is 0 Å². The molecular weight excluding hydrogens is 420 g/mol. The Morgan fingerprint density at radius 3 is 2.06 bits per heavy atom. The molecule has 0 aliphatic heterocycles. The first-order chi connectivity index (χ1) is 14.9. The predicted octanol–water partition coefficient (Wildman–Crippen LogP) is 6.31. The number of carbonyl (C=O) groups excluding carboxylic acids is 1. The van der Waals surface area contributed by atoms with Gasteiger partial charge in [0.1, 0.15) is 23.0 Å². The number of hydrogen-bond donors (Lipinski definition) is 0. The number of carbonyl (C=O) groups is 1. The van der Waals surface area contributed by atoms with E-state index in [-0.39, 0.29) is 23.1 Å². The van der Waals surface area contributed by atoms with E-state index in [9.17, 15) is 14.9 Å². The molecule has 0 saturated carbocycles. The van der Waals surface area contributed by atoms with Crippen LogP contribution in [-0.2, 0) is 0 Å². The number of non-ortho nitro benzene ring substituents is 1. The van der Waals surface area contributed by atoms with Crippen LogP contribution in [-0.4, -0.2) is 28.8 Å². The summed E-state index contributed by atoms with van der Waals surface area (Å²) < 4.78 is 11.5. The monoisotopic (exact) mass is 440 g/mol. The zero-order valence-electron chi connectivity index (χ0n) is 17.1. The van der Waals surface area contributed by atoms with Crippen molar-refractivity contribution in [1.82, 2.24) is 4.90 Å². The van der Waals surface area contributed by atoms with E-state index >= 15 is 0 Å². The molecule has 0 saturated heterocycles. The Labute approximate surface area is 184 Å². The molecule has 0 N–H and O–H groups in total. The minimum absolute atomic E-state index is 0.0656. The summed E-state index contributed by atoms with van der Waals surface area (Å²) in [7, 11) is 0. The van der Waals surface area contributed by atoms with Gasteiger partial charge >= 0.3 is 0 Å². The van der Waals surface area contributed by atoms with Crippen molar-refractivity contribution < 1.29 is 19.2 Å². The van der Waals surface area contributed by atoms with Crippen molar-refractivity contribution in [1.29, 1.82) is 0 Å². The Balaban J connectivity index is 1.82. The van der Waals surface area contributed by atoms with Gasteiger partial charge in [-0.2, -0.15) is 0 Å². The minimum atomic E-state index is -0.524. The van der Waals surface area contributed by atoms with Crippen molar-refractivity contribution in [2.45, 2.75) is 13.8 Å². The molecule has 3 aromatic rings. The van der Waals surface area contributed by atoms with Gasteiger partial charge in [-0.15, -0.1) is 0 Å². The highest BCUT2D eigenvalue weighted by Gasteiger charge is 2.15. The third kappa shape index (κ3) is 5.73. The molecule has 3 rings (SSSR count). The third-order valence-corrected chi connectivity index (χ3v) is 4.73. The molecular formula is C23H21ClN2O5. The van der Waals surface area contributed by atoms with E-state index in [1.165, 1.54) is 12.1 Å². The Hall–Kier alpha value is -3.58. The second-order valence-electron chi connectivity index (χ2n) is 6.58. The molecule has 0 aliphatic carbocycles. The summed E-state index contributed by atoms with van der Waals surface area (Å²) in [6.07, 6.45) is 0. The maximum atomic E-state index is 12.4. The van der Waals surface area contributed by atoms with Crippen LogP contribution in [0.5, 0.6) is 23.0 Å². The van der Waals surface area contributed by atoms with E-state index in [4.69, 9.17) is 21.1 Å². The summed E-state index contributed by atoms with van der Waals surface area (Å²) in [6, 6.07) is 17.5. The average Bonchev–Trinajstić information content (AvgIpc) is 2.75. The van der Waals surface area contributed by atoms with Crippen molar-refractivity contribution in [2.24, 2.45) is 0 Å². The first kappa shape index (κ1) is 22.1. The van der Waals surface area contributed by atoms with E-state index in [0.717, 1.165) is 0 Å². The first-order valence-corrected chi connectivity index (χ1v) is 10.1. The van der Waals surface area contributed by atoms with E-state index in [0.29, 0.717) is 35.2 Å². The number of halogens is 1. The van der Waals surface area contributed by atoms with Crippen LogP contribution >= 0.6 is 11.6 Å². The summed E-state index contributed by atoms with van der Waals surface area (Å²) in [4.78, 5) is 25.0. The fourth-order valence-corrected chi connectivity index (χ4v) is 3.12. The molecule has 0 heterocycles. The Kier molecular flexibility index (Phi) is 7.10. The SMILES string of the molecule is CCN(CC)C(=O)c1ccc(Oc2cc(Oc3cccc(Cl)c3)cc([N+](=O)[O-])c2)cc1. The average molecular weight is 441 g/mol. The van der Waals surface area contributed by atoms with Gasteiger partial charge in [-0.05, 0) is 56.3 Å². The topological polar surface area (TPSA) is 81.9 Å². The van der Waals surface area contributed by atoms with Crippen LogP contribution in [0.2, 0.25) is 5.02 Å². The van der Waals surface area contributed by atoms with Gasteiger partial charge in [0, 0.05) is 29.7 Å². The lowest BCUT2D eigenvalue weighted by Gasteiger charge is -2.18. The van der Waals surface area contributed by atoms with Crippen molar-refractivity contribution in [3.63, 3.8) is 0 Å². The number of hydrogen-bond acceptors (Lipinski definition) is 5. The van der Waals surface area contributed by atoms with Crippen LogP contribution < -0.4 is 9.47 Å². The zero-order chi connectivity index (χ0) is 22.4. The third-order valence-electron chi connectivity index (χ3n) is 4.50. The number of rotatable bonds is 8. The molecule has 0 radical (unpaired) electrons. The van der Waals surface area contributed by atoms with E-state index in [1.54, 1.807) is 59.5 Å². The molecule has 0 unspecified atom stereocenters. The number of nitrogens with zero attached hydrogens (tertiary/aromatic N) is 2. The highest BCUT2D eigenvalue weighted by molar-refractivity contribution is 6.30. The normalized spacial score (nSPS) is 10.4. The highest BCUT2D eigenvalue weighted by atomic mass is 35.5. The molecule has 7 nitrogen and oxygen atoms in total. The molecule has 8 heteroatoms. The maximum absolute atomic E-state index is 12.4. The molecule has 0 spiro atoms.